The van der Waals surface area contributed by atoms with E-state index in [1.54, 1.807) is 30.3 Å². The largest absolute Gasteiger partial charge is 0.456 e. The Balaban J connectivity index is 2.48. The van der Waals surface area contributed by atoms with Crippen molar-refractivity contribution in [2.24, 2.45) is 0 Å². The predicted octanol–water partition coefficient (Wildman–Crippen LogP) is 3.46. The molecule has 0 N–H and O–H groups in total. The van der Waals surface area contributed by atoms with Crippen molar-refractivity contribution in [3.05, 3.63) is 57.7 Å². The Morgan fingerprint density at radius 1 is 1.00 bits per heavy atom. The summed E-state index contributed by atoms with van der Waals surface area (Å²) in [7, 11) is 0. The molecule has 2 aromatic carbocycles. The van der Waals surface area contributed by atoms with Crippen LogP contribution in [0.15, 0.2) is 45.6 Å². The highest BCUT2D eigenvalue weighted by Gasteiger charge is 2.09. The zero-order chi connectivity index (χ0) is 13.6. The highest BCUT2D eigenvalue weighted by atomic mass is 16.3. The number of Topliss-reactive ketones (excluding diaryl/α,β-unsaturated/α-hetero) is 1. The van der Waals surface area contributed by atoms with Crippen LogP contribution in [0.1, 0.15) is 22.8 Å². The number of ketones is 1. The Labute approximate surface area is 109 Å². The predicted molar refractivity (Wildman–Crippen MR) is 74.7 cm³/mol. The molecule has 0 saturated heterocycles. The standard InChI is InChI=1S/C16H12O3/c1-9-3-5-14-12(7-9)16(18)13-8-11(10(2)17)4-6-15(13)19-14/h3-8H,1-2H3. The lowest BCUT2D eigenvalue weighted by molar-refractivity contribution is 0.101. The maximum Gasteiger partial charge on any atom is 0.200 e. The van der Waals surface area contributed by atoms with Crippen molar-refractivity contribution >= 4 is 27.7 Å². The smallest absolute Gasteiger partial charge is 0.200 e. The van der Waals surface area contributed by atoms with Crippen LogP contribution >= 0.6 is 0 Å². The molecule has 0 aliphatic rings. The summed E-state index contributed by atoms with van der Waals surface area (Å²) < 4.78 is 5.71. The molecule has 0 amide bonds. The summed E-state index contributed by atoms with van der Waals surface area (Å²) in [6.07, 6.45) is 0. The van der Waals surface area contributed by atoms with Gasteiger partial charge >= 0.3 is 0 Å². The third kappa shape index (κ3) is 1.83. The second kappa shape index (κ2) is 4.05. The van der Waals surface area contributed by atoms with Crippen molar-refractivity contribution in [2.45, 2.75) is 13.8 Å². The second-order valence-electron chi connectivity index (χ2n) is 4.70. The quantitative estimate of drug-likeness (QED) is 0.492. The minimum atomic E-state index is -0.0944. The van der Waals surface area contributed by atoms with Gasteiger partial charge in [-0.15, -0.1) is 0 Å². The van der Waals surface area contributed by atoms with Gasteiger partial charge in [-0.05, 0) is 44.2 Å². The van der Waals surface area contributed by atoms with Gasteiger partial charge in [0.05, 0.1) is 10.8 Å². The van der Waals surface area contributed by atoms with Gasteiger partial charge in [-0.1, -0.05) is 11.6 Å². The minimum absolute atomic E-state index is 0.0642. The topological polar surface area (TPSA) is 47.3 Å². The fraction of sp³-hybridized carbons (Fsp3) is 0.125. The molecule has 3 rings (SSSR count). The van der Waals surface area contributed by atoms with E-state index in [9.17, 15) is 9.59 Å². The van der Waals surface area contributed by atoms with Crippen LogP contribution in [-0.4, -0.2) is 5.78 Å². The summed E-state index contributed by atoms with van der Waals surface area (Å²) in [5, 5.41) is 0.999. The molecule has 0 aliphatic carbocycles. The molecule has 94 valence electrons. The molecule has 0 fully saturated rings. The van der Waals surface area contributed by atoms with Crippen molar-refractivity contribution in [3.8, 4) is 0 Å². The van der Waals surface area contributed by atoms with Crippen molar-refractivity contribution in [1.82, 2.24) is 0 Å². The average molecular weight is 252 g/mol. The van der Waals surface area contributed by atoms with Gasteiger partial charge in [0.15, 0.2) is 5.78 Å². The molecule has 0 atom stereocenters. The van der Waals surface area contributed by atoms with Crippen LogP contribution in [0.25, 0.3) is 21.9 Å². The fourth-order valence-corrected chi connectivity index (χ4v) is 2.19. The Bertz CT molecular complexity index is 872. The summed E-state index contributed by atoms with van der Waals surface area (Å²) in [4.78, 5) is 23.8. The third-order valence-corrected chi connectivity index (χ3v) is 3.23. The molecule has 3 aromatic rings. The summed E-state index contributed by atoms with van der Waals surface area (Å²) >= 11 is 0. The summed E-state index contributed by atoms with van der Waals surface area (Å²) in [6, 6.07) is 10.5. The second-order valence-corrected chi connectivity index (χ2v) is 4.70. The van der Waals surface area contributed by atoms with Crippen molar-refractivity contribution in [3.63, 3.8) is 0 Å². The first kappa shape index (κ1) is 11.7. The van der Waals surface area contributed by atoms with E-state index in [4.69, 9.17) is 4.42 Å². The number of hydrogen-bond donors (Lipinski definition) is 0. The normalized spacial score (nSPS) is 11.1. The maximum atomic E-state index is 12.4. The van der Waals surface area contributed by atoms with Gasteiger partial charge < -0.3 is 4.42 Å². The number of benzene rings is 2. The minimum Gasteiger partial charge on any atom is -0.456 e. The molecule has 0 aliphatic heterocycles. The lowest BCUT2D eigenvalue weighted by Crippen LogP contribution is -2.04. The fourth-order valence-electron chi connectivity index (χ4n) is 2.19. The molecule has 0 bridgehead atoms. The van der Waals surface area contributed by atoms with Crippen molar-refractivity contribution < 1.29 is 9.21 Å². The molecule has 3 nitrogen and oxygen atoms in total. The van der Waals surface area contributed by atoms with Crippen LogP contribution in [0.5, 0.6) is 0 Å². The van der Waals surface area contributed by atoms with E-state index < -0.39 is 0 Å². The first-order chi connectivity index (χ1) is 9.06. The SMILES string of the molecule is CC(=O)c1ccc2oc3ccc(C)cc3c(=O)c2c1. The van der Waals surface area contributed by atoms with Gasteiger partial charge in [0.2, 0.25) is 5.43 Å². The van der Waals surface area contributed by atoms with E-state index in [2.05, 4.69) is 0 Å². The molecule has 0 unspecified atom stereocenters. The van der Waals surface area contributed by atoms with Crippen LogP contribution in [0.3, 0.4) is 0 Å². The van der Waals surface area contributed by atoms with Gasteiger partial charge in [-0.2, -0.15) is 0 Å². The van der Waals surface area contributed by atoms with Crippen LogP contribution in [0.2, 0.25) is 0 Å². The van der Waals surface area contributed by atoms with E-state index in [0.29, 0.717) is 27.5 Å². The first-order valence-electron chi connectivity index (χ1n) is 6.04. The van der Waals surface area contributed by atoms with E-state index >= 15 is 0 Å². The van der Waals surface area contributed by atoms with E-state index in [0.717, 1.165) is 5.56 Å². The van der Waals surface area contributed by atoms with E-state index in [1.165, 1.54) is 6.92 Å². The molecule has 3 heteroatoms. The Morgan fingerprint density at radius 3 is 2.32 bits per heavy atom. The van der Waals surface area contributed by atoms with Crippen LogP contribution in [0, 0.1) is 6.92 Å². The highest BCUT2D eigenvalue weighted by molar-refractivity contribution is 5.99. The molecule has 1 aromatic heterocycles. The number of fused-ring (bicyclic) bond motifs is 2. The Morgan fingerprint density at radius 2 is 1.63 bits per heavy atom. The molecule has 0 radical (unpaired) electrons. The molecule has 0 saturated carbocycles. The van der Waals surface area contributed by atoms with Gasteiger partial charge in [0.25, 0.3) is 0 Å². The lowest BCUT2D eigenvalue weighted by atomic mass is 10.1. The highest BCUT2D eigenvalue weighted by Crippen LogP contribution is 2.20. The Hall–Kier alpha value is -2.42. The molecular formula is C16H12O3. The van der Waals surface area contributed by atoms with Crippen LogP contribution in [-0.2, 0) is 0 Å². The van der Waals surface area contributed by atoms with Gasteiger partial charge in [-0.25, -0.2) is 0 Å². The summed E-state index contributed by atoms with van der Waals surface area (Å²) in [5.41, 5.74) is 2.50. The number of aryl methyl sites for hydroxylation is 1. The van der Waals surface area contributed by atoms with Gasteiger partial charge in [0.1, 0.15) is 11.2 Å². The van der Waals surface area contributed by atoms with Crippen molar-refractivity contribution in [2.75, 3.05) is 0 Å². The Kier molecular flexibility index (Phi) is 2.49. The molecule has 19 heavy (non-hydrogen) atoms. The third-order valence-electron chi connectivity index (χ3n) is 3.23. The van der Waals surface area contributed by atoms with E-state index in [1.807, 2.05) is 13.0 Å². The zero-order valence-corrected chi connectivity index (χ0v) is 10.7. The van der Waals surface area contributed by atoms with Crippen LogP contribution < -0.4 is 5.43 Å². The molecular weight excluding hydrogens is 240 g/mol. The number of rotatable bonds is 1. The molecule has 0 spiro atoms. The van der Waals surface area contributed by atoms with Gasteiger partial charge in [0, 0.05) is 5.56 Å². The number of carbonyl (C=O) groups excluding carboxylic acids is 1. The van der Waals surface area contributed by atoms with E-state index in [-0.39, 0.29) is 11.2 Å². The zero-order valence-electron chi connectivity index (χ0n) is 10.7. The maximum absolute atomic E-state index is 12.4. The van der Waals surface area contributed by atoms with Gasteiger partial charge in [-0.3, -0.25) is 9.59 Å². The summed E-state index contributed by atoms with van der Waals surface area (Å²) in [6.45, 7) is 3.41. The number of hydrogen-bond acceptors (Lipinski definition) is 3. The molecule has 1 heterocycles. The lowest BCUT2D eigenvalue weighted by Gasteiger charge is -2.03. The average Bonchev–Trinajstić information content (AvgIpc) is 2.39. The number of carbonyl (C=O) groups is 1. The van der Waals surface area contributed by atoms with Crippen LogP contribution in [0.4, 0.5) is 0 Å². The monoisotopic (exact) mass is 252 g/mol. The van der Waals surface area contributed by atoms with Crippen molar-refractivity contribution in [1.29, 1.82) is 0 Å². The summed E-state index contributed by atoms with van der Waals surface area (Å²) in [5.74, 6) is -0.0642. The first-order valence-corrected chi connectivity index (χ1v) is 6.04.